The Morgan fingerprint density at radius 1 is 1.00 bits per heavy atom. The number of Topliss-reactive ketones (excluding diaryl/α,β-unsaturated/α-hetero) is 1. The summed E-state index contributed by atoms with van der Waals surface area (Å²) in [6.45, 7) is 8.84. The maximum absolute atomic E-state index is 13.5. The third-order valence-electron chi connectivity index (χ3n) is 5.52. The van der Waals surface area contributed by atoms with Crippen LogP contribution >= 0.6 is 11.8 Å². The summed E-state index contributed by atoms with van der Waals surface area (Å²) in [5, 5.41) is 1.45. The van der Waals surface area contributed by atoms with Crippen LogP contribution in [0.2, 0.25) is 0 Å². The topological polar surface area (TPSA) is 17.1 Å². The number of thioether (sulfide) groups is 1. The van der Waals surface area contributed by atoms with Crippen LogP contribution in [0.1, 0.15) is 93.1 Å². The molecule has 1 aromatic carbocycles. The summed E-state index contributed by atoms with van der Waals surface area (Å²) < 4.78 is 0. The molecular formula is C21H30OS. The zero-order valence-electron chi connectivity index (χ0n) is 15.0. The minimum absolute atomic E-state index is 0.254. The number of benzene rings is 1. The van der Waals surface area contributed by atoms with E-state index in [1.165, 1.54) is 30.4 Å². The molecule has 0 saturated carbocycles. The van der Waals surface area contributed by atoms with E-state index in [4.69, 9.17) is 0 Å². The second-order valence-electron chi connectivity index (χ2n) is 7.96. The molecule has 2 aliphatic rings. The molecule has 1 nitrogen and oxygen atoms in total. The molecule has 2 fully saturated rings. The summed E-state index contributed by atoms with van der Waals surface area (Å²) in [5.41, 5.74) is 3.57. The summed E-state index contributed by atoms with van der Waals surface area (Å²) in [4.78, 5) is 13.5. The molecule has 0 aliphatic carbocycles. The van der Waals surface area contributed by atoms with Gasteiger partial charge in [0.2, 0.25) is 0 Å². The van der Waals surface area contributed by atoms with Crippen LogP contribution in [0.15, 0.2) is 18.2 Å². The Kier molecular flexibility index (Phi) is 5.20. The first kappa shape index (κ1) is 17.1. The summed E-state index contributed by atoms with van der Waals surface area (Å²) in [7, 11) is 0. The minimum atomic E-state index is 0.254. The van der Waals surface area contributed by atoms with Gasteiger partial charge in [-0.15, -0.1) is 0 Å². The highest BCUT2D eigenvalue weighted by molar-refractivity contribution is 8.00. The first-order valence-electron chi connectivity index (χ1n) is 9.29. The predicted molar refractivity (Wildman–Crippen MR) is 101 cm³/mol. The van der Waals surface area contributed by atoms with Gasteiger partial charge in [0, 0.05) is 22.0 Å². The highest BCUT2D eigenvalue weighted by atomic mass is 32.2. The fourth-order valence-electron chi connectivity index (χ4n) is 4.31. The summed E-state index contributed by atoms with van der Waals surface area (Å²) in [6.07, 6.45) is 6.19. The van der Waals surface area contributed by atoms with Gasteiger partial charge in [-0.05, 0) is 48.6 Å². The monoisotopic (exact) mass is 330 g/mol. The van der Waals surface area contributed by atoms with E-state index in [-0.39, 0.29) is 5.92 Å². The summed E-state index contributed by atoms with van der Waals surface area (Å²) in [5.74, 6) is 1.51. The molecule has 126 valence electrons. The third kappa shape index (κ3) is 3.52. The number of carbonyl (C=O) groups excluding carboxylic acids is 1. The van der Waals surface area contributed by atoms with E-state index in [9.17, 15) is 4.79 Å². The van der Waals surface area contributed by atoms with E-state index in [0.717, 1.165) is 28.9 Å². The molecule has 2 unspecified atom stereocenters. The molecule has 2 saturated heterocycles. The third-order valence-corrected chi connectivity index (χ3v) is 7.15. The lowest BCUT2D eigenvalue weighted by Gasteiger charge is -2.38. The smallest absolute Gasteiger partial charge is 0.166 e. The van der Waals surface area contributed by atoms with Crippen LogP contribution in [0.25, 0.3) is 0 Å². The average Bonchev–Trinajstić information content (AvgIpc) is 2.52. The molecular weight excluding hydrogens is 300 g/mol. The number of ketones is 1. The highest BCUT2D eigenvalue weighted by Gasteiger charge is 2.37. The van der Waals surface area contributed by atoms with Crippen molar-refractivity contribution in [1.82, 2.24) is 0 Å². The molecule has 2 atom stereocenters. The van der Waals surface area contributed by atoms with Crippen LogP contribution in [0.3, 0.4) is 0 Å². The highest BCUT2D eigenvalue weighted by Crippen LogP contribution is 2.45. The zero-order valence-corrected chi connectivity index (χ0v) is 15.8. The van der Waals surface area contributed by atoms with Crippen molar-refractivity contribution in [3.8, 4) is 0 Å². The SMILES string of the molecule is CC(C)c1cccc(C(C)C)c1C(=O)C1CC2CCCC(C1)S2. The maximum atomic E-state index is 13.5. The lowest BCUT2D eigenvalue weighted by molar-refractivity contribution is 0.0894. The van der Waals surface area contributed by atoms with Crippen LogP contribution in [0.5, 0.6) is 0 Å². The first-order valence-corrected chi connectivity index (χ1v) is 10.2. The summed E-state index contributed by atoms with van der Waals surface area (Å²) in [6, 6.07) is 6.47. The molecule has 0 spiro atoms. The Hall–Kier alpha value is -0.760. The Bertz CT molecular complexity index is 537. The Balaban J connectivity index is 1.95. The lowest BCUT2D eigenvalue weighted by Crippen LogP contribution is -2.33. The van der Waals surface area contributed by atoms with Crippen LogP contribution < -0.4 is 0 Å². The van der Waals surface area contributed by atoms with Gasteiger partial charge in [-0.1, -0.05) is 52.3 Å². The lowest BCUT2D eigenvalue weighted by atomic mass is 9.79. The normalized spacial score (nSPS) is 27.5. The fourth-order valence-corrected chi connectivity index (χ4v) is 6.15. The number of hydrogen-bond acceptors (Lipinski definition) is 2. The van der Waals surface area contributed by atoms with E-state index in [1.807, 2.05) is 0 Å². The molecule has 2 bridgehead atoms. The molecule has 2 heterocycles. The average molecular weight is 331 g/mol. The van der Waals surface area contributed by atoms with Crippen LogP contribution in [0, 0.1) is 5.92 Å². The van der Waals surface area contributed by atoms with Gasteiger partial charge in [-0.25, -0.2) is 0 Å². The van der Waals surface area contributed by atoms with E-state index in [0.29, 0.717) is 17.6 Å². The van der Waals surface area contributed by atoms with Crippen molar-refractivity contribution >= 4 is 17.5 Å². The molecule has 0 amide bonds. The van der Waals surface area contributed by atoms with E-state index < -0.39 is 0 Å². The van der Waals surface area contributed by atoms with Gasteiger partial charge in [0.1, 0.15) is 0 Å². The van der Waals surface area contributed by atoms with E-state index in [1.54, 1.807) is 0 Å². The fraction of sp³-hybridized carbons (Fsp3) is 0.667. The number of rotatable bonds is 4. The largest absolute Gasteiger partial charge is 0.294 e. The van der Waals surface area contributed by atoms with Crippen LogP contribution in [0.4, 0.5) is 0 Å². The number of carbonyl (C=O) groups is 1. The summed E-state index contributed by atoms with van der Waals surface area (Å²) >= 11 is 2.16. The van der Waals surface area contributed by atoms with E-state index in [2.05, 4.69) is 57.7 Å². The van der Waals surface area contributed by atoms with Crippen molar-refractivity contribution in [2.24, 2.45) is 5.92 Å². The Morgan fingerprint density at radius 2 is 1.52 bits per heavy atom. The molecule has 1 aromatic rings. The van der Waals surface area contributed by atoms with Crippen molar-refractivity contribution in [2.75, 3.05) is 0 Å². The molecule has 2 heteroatoms. The van der Waals surface area contributed by atoms with Crippen LogP contribution in [-0.2, 0) is 0 Å². The zero-order chi connectivity index (χ0) is 16.6. The van der Waals surface area contributed by atoms with Gasteiger partial charge in [0.05, 0.1) is 0 Å². The second-order valence-corrected chi connectivity index (χ2v) is 9.57. The van der Waals surface area contributed by atoms with Gasteiger partial charge in [-0.2, -0.15) is 11.8 Å². The second kappa shape index (κ2) is 7.01. The first-order chi connectivity index (χ1) is 11.0. The quantitative estimate of drug-likeness (QED) is 0.613. The van der Waals surface area contributed by atoms with Gasteiger partial charge < -0.3 is 0 Å². The molecule has 0 N–H and O–H groups in total. The van der Waals surface area contributed by atoms with Crippen molar-refractivity contribution in [2.45, 2.75) is 82.1 Å². The minimum Gasteiger partial charge on any atom is -0.294 e. The molecule has 3 rings (SSSR count). The molecule has 2 aliphatic heterocycles. The van der Waals surface area contributed by atoms with Gasteiger partial charge >= 0.3 is 0 Å². The predicted octanol–water partition coefficient (Wildman–Crippen LogP) is 6.18. The number of fused-ring (bicyclic) bond motifs is 2. The van der Waals surface area contributed by atoms with Crippen LogP contribution in [-0.4, -0.2) is 16.3 Å². The molecule has 0 aromatic heterocycles. The van der Waals surface area contributed by atoms with Crippen molar-refractivity contribution in [3.63, 3.8) is 0 Å². The van der Waals surface area contributed by atoms with Gasteiger partial charge in [0.25, 0.3) is 0 Å². The van der Waals surface area contributed by atoms with Crippen molar-refractivity contribution < 1.29 is 4.79 Å². The molecule has 23 heavy (non-hydrogen) atoms. The Morgan fingerprint density at radius 3 is 2.00 bits per heavy atom. The van der Waals surface area contributed by atoms with Crippen molar-refractivity contribution in [1.29, 1.82) is 0 Å². The van der Waals surface area contributed by atoms with Gasteiger partial charge in [0.15, 0.2) is 5.78 Å². The number of hydrogen-bond donors (Lipinski definition) is 0. The van der Waals surface area contributed by atoms with E-state index >= 15 is 0 Å². The maximum Gasteiger partial charge on any atom is 0.166 e. The van der Waals surface area contributed by atoms with Gasteiger partial charge in [-0.3, -0.25) is 4.79 Å². The standard InChI is InChI=1S/C21H30OS/c1-13(2)18-9-6-10-19(14(3)4)20(18)21(22)15-11-16-7-5-8-17(12-15)23-16/h6,9-10,13-17H,5,7-8,11-12H2,1-4H3. The van der Waals surface area contributed by atoms with Crippen molar-refractivity contribution in [3.05, 3.63) is 34.9 Å². The molecule has 0 radical (unpaired) electrons. The Labute approximate surface area is 145 Å².